The second-order valence-corrected chi connectivity index (χ2v) is 2.91. The first-order valence-electron chi connectivity index (χ1n) is 3.92. The van der Waals surface area contributed by atoms with Crippen LogP contribution in [0.2, 0.25) is 0 Å². The highest BCUT2D eigenvalue weighted by atomic mass is 16.1. The summed E-state index contributed by atoms with van der Waals surface area (Å²) in [7, 11) is 0. The molecule has 0 amide bonds. The van der Waals surface area contributed by atoms with E-state index in [1.807, 2.05) is 0 Å². The molecule has 13 heavy (non-hydrogen) atoms. The first-order valence-corrected chi connectivity index (χ1v) is 3.92. The van der Waals surface area contributed by atoms with Gasteiger partial charge in [-0.05, 0) is 6.07 Å². The van der Waals surface area contributed by atoms with Crippen molar-refractivity contribution in [2.24, 2.45) is 0 Å². The Morgan fingerprint density at radius 3 is 3.08 bits per heavy atom. The third-order valence-electron chi connectivity index (χ3n) is 1.84. The molecule has 0 unspecified atom stereocenters. The molecule has 0 saturated carbocycles. The molecule has 0 aromatic carbocycles. The van der Waals surface area contributed by atoms with Gasteiger partial charge in [-0.25, -0.2) is 4.98 Å². The number of nitrogens with zero attached hydrogens (tertiary/aromatic N) is 2. The molecule has 0 bridgehead atoms. The van der Waals surface area contributed by atoms with Gasteiger partial charge in [-0.1, -0.05) is 0 Å². The van der Waals surface area contributed by atoms with Crippen LogP contribution in [0.25, 0.3) is 5.65 Å². The molecular weight excluding hydrogens is 166 g/mol. The lowest BCUT2D eigenvalue weighted by Gasteiger charge is -1.92. The molecule has 2 aromatic rings. The van der Waals surface area contributed by atoms with E-state index >= 15 is 0 Å². The van der Waals surface area contributed by atoms with Crippen LogP contribution in [0, 0.1) is 0 Å². The average molecular weight is 175 g/mol. The van der Waals surface area contributed by atoms with Crippen molar-refractivity contribution in [3.63, 3.8) is 0 Å². The van der Waals surface area contributed by atoms with E-state index in [4.69, 9.17) is 5.73 Å². The molecule has 4 nitrogen and oxygen atoms in total. The zero-order valence-electron chi connectivity index (χ0n) is 7.19. The molecule has 0 aliphatic rings. The van der Waals surface area contributed by atoms with Crippen LogP contribution in [0.3, 0.4) is 0 Å². The summed E-state index contributed by atoms with van der Waals surface area (Å²) >= 11 is 0. The second-order valence-electron chi connectivity index (χ2n) is 2.91. The summed E-state index contributed by atoms with van der Waals surface area (Å²) in [6.45, 7) is 1.49. The predicted molar refractivity (Wildman–Crippen MR) is 49.6 cm³/mol. The monoisotopic (exact) mass is 175 g/mol. The van der Waals surface area contributed by atoms with E-state index < -0.39 is 0 Å². The smallest absolute Gasteiger partial charge is 0.179 e. The molecular formula is C9H9N3O. The van der Waals surface area contributed by atoms with Crippen molar-refractivity contribution in [1.29, 1.82) is 0 Å². The highest BCUT2D eigenvalue weighted by Crippen LogP contribution is 2.09. The van der Waals surface area contributed by atoms with Crippen LogP contribution in [-0.2, 0) is 0 Å². The molecule has 2 heterocycles. The van der Waals surface area contributed by atoms with Crippen LogP contribution < -0.4 is 5.73 Å². The molecule has 0 spiro atoms. The Bertz CT molecular complexity index is 473. The van der Waals surface area contributed by atoms with Crippen molar-refractivity contribution in [1.82, 2.24) is 9.38 Å². The van der Waals surface area contributed by atoms with Crippen molar-refractivity contribution in [2.75, 3.05) is 5.73 Å². The summed E-state index contributed by atoms with van der Waals surface area (Å²) in [5, 5.41) is 0. The van der Waals surface area contributed by atoms with Crippen molar-refractivity contribution in [3.05, 3.63) is 30.2 Å². The molecule has 2 N–H and O–H groups in total. The number of imidazole rings is 1. The van der Waals surface area contributed by atoms with Crippen molar-refractivity contribution < 1.29 is 4.79 Å². The Kier molecular flexibility index (Phi) is 1.55. The number of ketones is 1. The van der Waals surface area contributed by atoms with Crippen molar-refractivity contribution >= 4 is 17.1 Å². The van der Waals surface area contributed by atoms with Gasteiger partial charge in [0.25, 0.3) is 0 Å². The van der Waals surface area contributed by atoms with E-state index in [1.165, 1.54) is 6.92 Å². The third kappa shape index (κ3) is 1.26. The fourth-order valence-corrected chi connectivity index (χ4v) is 1.17. The van der Waals surface area contributed by atoms with Gasteiger partial charge in [0.15, 0.2) is 5.78 Å². The van der Waals surface area contributed by atoms with Crippen LogP contribution >= 0.6 is 0 Å². The fraction of sp³-hybridized carbons (Fsp3) is 0.111. The van der Waals surface area contributed by atoms with E-state index in [2.05, 4.69) is 4.98 Å². The number of anilines is 1. The Hall–Kier alpha value is -1.84. The minimum absolute atomic E-state index is 0.0396. The minimum Gasteiger partial charge on any atom is -0.399 e. The predicted octanol–water partition coefficient (Wildman–Crippen LogP) is 1.12. The van der Waals surface area contributed by atoms with Gasteiger partial charge in [0.05, 0.1) is 0 Å². The Morgan fingerprint density at radius 2 is 2.38 bits per heavy atom. The van der Waals surface area contributed by atoms with E-state index in [0.717, 1.165) is 0 Å². The largest absolute Gasteiger partial charge is 0.399 e. The van der Waals surface area contributed by atoms with Gasteiger partial charge < -0.3 is 10.1 Å². The first kappa shape index (κ1) is 7.79. The summed E-state index contributed by atoms with van der Waals surface area (Å²) in [5.41, 5.74) is 7.38. The highest BCUT2D eigenvalue weighted by molar-refractivity contribution is 5.92. The summed E-state index contributed by atoms with van der Waals surface area (Å²) in [6, 6.07) is 3.49. The van der Waals surface area contributed by atoms with E-state index in [9.17, 15) is 4.79 Å². The van der Waals surface area contributed by atoms with E-state index in [1.54, 1.807) is 28.9 Å². The van der Waals surface area contributed by atoms with Gasteiger partial charge in [0.2, 0.25) is 0 Å². The second kappa shape index (κ2) is 2.58. The lowest BCUT2D eigenvalue weighted by atomic mass is 10.3. The zero-order chi connectivity index (χ0) is 9.42. The highest BCUT2D eigenvalue weighted by Gasteiger charge is 2.04. The molecule has 66 valence electrons. The summed E-state index contributed by atoms with van der Waals surface area (Å²) in [6.07, 6.45) is 3.47. The number of nitrogens with two attached hydrogens (primary N) is 1. The number of carbonyl (C=O) groups excluding carboxylic acids is 1. The molecule has 4 heteroatoms. The van der Waals surface area contributed by atoms with E-state index in [-0.39, 0.29) is 5.78 Å². The molecule has 2 aromatic heterocycles. The summed E-state index contributed by atoms with van der Waals surface area (Å²) in [4.78, 5) is 15.1. The maximum atomic E-state index is 11.0. The Morgan fingerprint density at radius 1 is 1.62 bits per heavy atom. The molecule has 0 saturated heterocycles. The fourth-order valence-electron chi connectivity index (χ4n) is 1.17. The molecule has 0 aliphatic heterocycles. The van der Waals surface area contributed by atoms with Crippen LogP contribution in [0.4, 0.5) is 5.69 Å². The topological polar surface area (TPSA) is 60.4 Å². The van der Waals surface area contributed by atoms with Crippen LogP contribution in [0.15, 0.2) is 24.5 Å². The molecule has 0 aliphatic carbocycles. The number of nitrogen functional groups attached to an aromatic ring is 1. The third-order valence-corrected chi connectivity index (χ3v) is 1.84. The lowest BCUT2D eigenvalue weighted by molar-refractivity contribution is 0.101. The first-order chi connectivity index (χ1) is 6.16. The number of carbonyl (C=O) groups is 1. The number of pyridine rings is 1. The van der Waals surface area contributed by atoms with Gasteiger partial charge in [0.1, 0.15) is 11.3 Å². The van der Waals surface area contributed by atoms with Gasteiger partial charge >= 0.3 is 0 Å². The standard InChI is InChI=1S/C9H9N3O/c1-6(13)8-5-12-3-2-7(10)4-9(12)11-8/h2-5H,10H2,1H3. The Labute approximate surface area is 75.0 Å². The molecule has 0 radical (unpaired) electrons. The number of hydrogen-bond donors (Lipinski definition) is 1. The SMILES string of the molecule is CC(=O)c1cn2ccc(N)cc2n1. The van der Waals surface area contributed by atoms with Crippen molar-refractivity contribution in [3.8, 4) is 0 Å². The Balaban J connectivity index is 2.68. The van der Waals surface area contributed by atoms with Crippen LogP contribution in [-0.4, -0.2) is 15.2 Å². The number of fused-ring (bicyclic) bond motifs is 1. The molecule has 0 fully saturated rings. The number of aromatic nitrogens is 2. The van der Waals surface area contributed by atoms with Crippen LogP contribution in [0.5, 0.6) is 0 Å². The maximum Gasteiger partial charge on any atom is 0.179 e. The quantitative estimate of drug-likeness (QED) is 0.660. The van der Waals surface area contributed by atoms with Gasteiger partial charge in [-0.2, -0.15) is 0 Å². The molecule has 2 rings (SSSR count). The van der Waals surface area contributed by atoms with Crippen LogP contribution in [0.1, 0.15) is 17.4 Å². The number of rotatable bonds is 1. The average Bonchev–Trinajstić information content (AvgIpc) is 2.46. The summed E-state index contributed by atoms with van der Waals surface area (Å²) < 4.78 is 1.77. The van der Waals surface area contributed by atoms with Gasteiger partial charge in [-0.15, -0.1) is 0 Å². The minimum atomic E-state index is -0.0396. The number of hydrogen-bond acceptors (Lipinski definition) is 3. The zero-order valence-corrected chi connectivity index (χ0v) is 7.19. The van der Waals surface area contributed by atoms with Gasteiger partial charge in [-0.3, -0.25) is 4.79 Å². The van der Waals surface area contributed by atoms with Crippen molar-refractivity contribution in [2.45, 2.75) is 6.92 Å². The number of Topliss-reactive ketones (excluding diaryl/α,β-unsaturated/α-hetero) is 1. The van der Waals surface area contributed by atoms with E-state index in [0.29, 0.717) is 17.0 Å². The normalized spacial score (nSPS) is 10.5. The maximum absolute atomic E-state index is 11.0. The van der Waals surface area contributed by atoms with Gasteiger partial charge in [0, 0.05) is 31.1 Å². The lowest BCUT2D eigenvalue weighted by Crippen LogP contribution is -1.90. The molecule has 0 atom stereocenters. The summed E-state index contributed by atoms with van der Waals surface area (Å²) in [5.74, 6) is -0.0396.